The Labute approximate surface area is 202 Å². The van der Waals surface area contributed by atoms with Crippen molar-refractivity contribution in [2.24, 2.45) is 0 Å². The Morgan fingerprint density at radius 2 is 1.82 bits per heavy atom. The Morgan fingerprint density at radius 1 is 1.03 bits per heavy atom. The minimum Gasteiger partial charge on any atom is -0.495 e. The molecule has 2 aromatic carbocycles. The van der Waals surface area contributed by atoms with Crippen molar-refractivity contribution in [1.29, 1.82) is 0 Å². The molecular weight excluding hydrogens is 424 g/mol. The van der Waals surface area contributed by atoms with E-state index < -0.39 is 0 Å². The zero-order chi connectivity index (χ0) is 23.9. The highest BCUT2D eigenvalue weighted by Gasteiger charge is 2.19. The summed E-state index contributed by atoms with van der Waals surface area (Å²) < 4.78 is 5.60. The van der Waals surface area contributed by atoms with Crippen LogP contribution in [0.5, 0.6) is 5.75 Å². The van der Waals surface area contributed by atoms with E-state index in [0.29, 0.717) is 17.1 Å². The summed E-state index contributed by atoms with van der Waals surface area (Å²) in [6.07, 6.45) is 6.22. The third-order valence-electron chi connectivity index (χ3n) is 6.34. The quantitative estimate of drug-likeness (QED) is 0.437. The molecule has 0 saturated carbocycles. The summed E-state index contributed by atoms with van der Waals surface area (Å²) >= 11 is 0. The lowest BCUT2D eigenvalue weighted by Crippen LogP contribution is -2.35. The number of anilines is 3. The Bertz CT molecular complexity index is 1140. The summed E-state index contributed by atoms with van der Waals surface area (Å²) in [7, 11) is 1.62. The van der Waals surface area contributed by atoms with E-state index in [4.69, 9.17) is 4.74 Å². The van der Waals surface area contributed by atoms with Crippen LogP contribution in [0.15, 0.2) is 54.7 Å². The number of nitrogens with one attached hydrogen (secondary N) is 2. The molecule has 1 aromatic heterocycles. The maximum Gasteiger partial charge on any atom is 0.253 e. The Balaban J connectivity index is 1.47. The molecule has 0 atom stereocenters. The second-order valence-electron chi connectivity index (χ2n) is 8.80. The Kier molecular flexibility index (Phi) is 7.68. The topological polar surface area (TPSA) is 66.5 Å². The SMILES string of the molecule is CCc1cccc(CNc2cc(Nc3ccc(C(=O)N4CCCCC4)cc3OC)ncc2C)c1. The number of carbonyl (C=O) groups excluding carboxylic acids is 1. The standard InChI is InChI=1S/C28H34N4O2/c1-4-21-9-8-10-22(15-21)19-29-25-17-27(30-18-20(25)2)31-24-12-11-23(16-26(24)34-3)28(33)32-13-6-5-7-14-32/h8-12,15-18H,4-7,13-14,19H2,1-3H3,(H2,29,30,31). The largest absolute Gasteiger partial charge is 0.495 e. The van der Waals surface area contributed by atoms with Crippen molar-refractivity contribution in [3.05, 3.63) is 77.0 Å². The van der Waals surface area contributed by atoms with E-state index in [-0.39, 0.29) is 5.91 Å². The lowest BCUT2D eigenvalue weighted by atomic mass is 10.1. The summed E-state index contributed by atoms with van der Waals surface area (Å²) in [5.41, 5.74) is 6.11. The van der Waals surface area contributed by atoms with Crippen molar-refractivity contribution in [2.45, 2.75) is 46.1 Å². The highest BCUT2D eigenvalue weighted by Crippen LogP contribution is 2.30. The van der Waals surface area contributed by atoms with E-state index in [1.165, 1.54) is 17.5 Å². The first-order chi connectivity index (χ1) is 16.6. The first-order valence-corrected chi connectivity index (χ1v) is 12.1. The molecule has 0 aliphatic carbocycles. The smallest absolute Gasteiger partial charge is 0.253 e. The number of piperidine rings is 1. The first kappa shape index (κ1) is 23.6. The van der Waals surface area contributed by atoms with Crippen LogP contribution in [0, 0.1) is 6.92 Å². The number of nitrogens with zero attached hydrogens (tertiary/aromatic N) is 2. The average Bonchev–Trinajstić information content (AvgIpc) is 2.89. The molecule has 0 unspecified atom stereocenters. The number of pyridine rings is 1. The van der Waals surface area contributed by atoms with E-state index in [1.54, 1.807) is 7.11 Å². The molecule has 34 heavy (non-hydrogen) atoms. The molecule has 6 nitrogen and oxygen atoms in total. The third-order valence-corrected chi connectivity index (χ3v) is 6.34. The van der Waals surface area contributed by atoms with Crippen LogP contribution >= 0.6 is 0 Å². The molecule has 1 aliphatic rings. The molecule has 1 saturated heterocycles. The molecule has 0 bridgehead atoms. The van der Waals surface area contributed by atoms with Gasteiger partial charge in [0.25, 0.3) is 5.91 Å². The fourth-order valence-corrected chi connectivity index (χ4v) is 4.28. The van der Waals surface area contributed by atoms with Crippen LogP contribution in [0.4, 0.5) is 17.2 Å². The highest BCUT2D eigenvalue weighted by molar-refractivity contribution is 5.95. The number of benzene rings is 2. The van der Waals surface area contributed by atoms with Crippen molar-refractivity contribution < 1.29 is 9.53 Å². The van der Waals surface area contributed by atoms with Crippen molar-refractivity contribution in [3.8, 4) is 5.75 Å². The minimum atomic E-state index is 0.0663. The van der Waals surface area contributed by atoms with Crippen LogP contribution in [0.2, 0.25) is 0 Å². The molecule has 0 spiro atoms. The number of carbonyl (C=O) groups is 1. The molecule has 4 rings (SSSR count). The summed E-state index contributed by atoms with van der Waals surface area (Å²) in [5.74, 6) is 1.40. The normalized spacial score (nSPS) is 13.4. The number of amides is 1. The van der Waals surface area contributed by atoms with Gasteiger partial charge in [-0.15, -0.1) is 0 Å². The van der Waals surface area contributed by atoms with Gasteiger partial charge in [-0.05, 0) is 67.5 Å². The van der Waals surface area contributed by atoms with Crippen LogP contribution in [-0.4, -0.2) is 36.0 Å². The number of hydrogen-bond donors (Lipinski definition) is 2. The minimum absolute atomic E-state index is 0.0663. The summed E-state index contributed by atoms with van der Waals surface area (Å²) in [4.78, 5) is 19.4. The zero-order valence-corrected chi connectivity index (χ0v) is 20.4. The van der Waals surface area contributed by atoms with Gasteiger partial charge in [0.15, 0.2) is 0 Å². The predicted molar refractivity (Wildman–Crippen MR) is 138 cm³/mol. The molecule has 1 aliphatic heterocycles. The summed E-state index contributed by atoms with van der Waals surface area (Å²) in [5, 5.41) is 6.89. The van der Waals surface area contributed by atoms with Gasteiger partial charge in [0.05, 0.1) is 12.8 Å². The van der Waals surface area contributed by atoms with Crippen molar-refractivity contribution in [3.63, 3.8) is 0 Å². The van der Waals surface area contributed by atoms with Crippen LogP contribution in [0.3, 0.4) is 0 Å². The fourth-order valence-electron chi connectivity index (χ4n) is 4.28. The summed E-state index contributed by atoms with van der Waals surface area (Å²) in [6.45, 7) is 6.61. The first-order valence-electron chi connectivity index (χ1n) is 12.1. The number of rotatable bonds is 8. The van der Waals surface area contributed by atoms with Gasteiger partial charge in [-0.25, -0.2) is 4.98 Å². The molecule has 0 radical (unpaired) electrons. The number of aryl methyl sites for hydroxylation is 2. The van der Waals surface area contributed by atoms with E-state index in [0.717, 1.165) is 55.8 Å². The molecular formula is C28H34N4O2. The van der Waals surface area contributed by atoms with Gasteiger partial charge in [-0.1, -0.05) is 31.2 Å². The fraction of sp³-hybridized carbons (Fsp3) is 0.357. The highest BCUT2D eigenvalue weighted by atomic mass is 16.5. The predicted octanol–water partition coefficient (Wildman–Crippen LogP) is 5.94. The van der Waals surface area contributed by atoms with Crippen LogP contribution < -0.4 is 15.4 Å². The van der Waals surface area contributed by atoms with E-state index in [9.17, 15) is 4.79 Å². The van der Waals surface area contributed by atoms with Gasteiger partial charge in [0.2, 0.25) is 0 Å². The molecule has 3 aromatic rings. The third kappa shape index (κ3) is 5.68. The van der Waals surface area contributed by atoms with E-state index in [2.05, 4.69) is 46.8 Å². The Morgan fingerprint density at radius 3 is 2.59 bits per heavy atom. The second kappa shape index (κ2) is 11.1. The Hall–Kier alpha value is -3.54. The van der Waals surface area contributed by atoms with E-state index >= 15 is 0 Å². The van der Waals surface area contributed by atoms with Crippen molar-refractivity contribution >= 4 is 23.1 Å². The maximum atomic E-state index is 12.9. The van der Waals surface area contributed by atoms with Gasteiger partial charge in [-0.3, -0.25) is 4.79 Å². The van der Waals surface area contributed by atoms with E-state index in [1.807, 2.05) is 42.3 Å². The van der Waals surface area contributed by atoms with Crippen LogP contribution in [-0.2, 0) is 13.0 Å². The van der Waals surface area contributed by atoms with Crippen molar-refractivity contribution in [2.75, 3.05) is 30.8 Å². The van der Waals surface area contributed by atoms with Gasteiger partial charge in [-0.2, -0.15) is 0 Å². The van der Waals surface area contributed by atoms with Gasteiger partial charge < -0.3 is 20.3 Å². The average molecular weight is 459 g/mol. The van der Waals surface area contributed by atoms with Gasteiger partial charge in [0, 0.05) is 43.1 Å². The van der Waals surface area contributed by atoms with Crippen LogP contribution in [0.25, 0.3) is 0 Å². The molecule has 1 amide bonds. The van der Waals surface area contributed by atoms with Gasteiger partial charge in [0.1, 0.15) is 11.6 Å². The van der Waals surface area contributed by atoms with Crippen molar-refractivity contribution in [1.82, 2.24) is 9.88 Å². The number of aromatic nitrogens is 1. The van der Waals surface area contributed by atoms with Gasteiger partial charge >= 0.3 is 0 Å². The zero-order valence-electron chi connectivity index (χ0n) is 20.4. The molecule has 6 heteroatoms. The second-order valence-corrected chi connectivity index (χ2v) is 8.80. The molecule has 178 valence electrons. The van der Waals surface area contributed by atoms with Crippen LogP contribution in [0.1, 0.15) is 53.2 Å². The lowest BCUT2D eigenvalue weighted by Gasteiger charge is -2.27. The number of ether oxygens (including phenoxy) is 1. The number of hydrogen-bond acceptors (Lipinski definition) is 5. The summed E-state index contributed by atoms with van der Waals surface area (Å²) in [6, 6.07) is 16.2. The molecule has 1 fully saturated rings. The molecule has 2 N–H and O–H groups in total. The lowest BCUT2D eigenvalue weighted by molar-refractivity contribution is 0.0724. The number of methoxy groups -OCH3 is 1. The maximum absolute atomic E-state index is 12.9. The monoisotopic (exact) mass is 458 g/mol. The molecule has 2 heterocycles. The number of likely N-dealkylation sites (tertiary alicyclic amines) is 1.